The Balaban J connectivity index is 2.62. The normalized spacial score (nSPS) is 12.0. The molecule has 4 heteroatoms. The van der Waals surface area contributed by atoms with Crippen molar-refractivity contribution in [2.45, 2.75) is 19.9 Å². The number of urea groups is 1. The van der Waals surface area contributed by atoms with Gasteiger partial charge >= 0.3 is 6.03 Å². The van der Waals surface area contributed by atoms with Crippen molar-refractivity contribution in [1.82, 2.24) is 10.2 Å². The predicted octanol–water partition coefficient (Wildman–Crippen LogP) is 3.17. The summed E-state index contributed by atoms with van der Waals surface area (Å²) in [7, 11) is 1.78. The maximum atomic E-state index is 11.6. The van der Waals surface area contributed by atoms with Gasteiger partial charge in [0.05, 0.1) is 6.04 Å². The van der Waals surface area contributed by atoms with E-state index >= 15 is 0 Å². The molecule has 0 saturated carbocycles. The Kier molecular flexibility index (Phi) is 4.80. The fourth-order valence-electron chi connectivity index (χ4n) is 1.27. The first-order valence-corrected chi connectivity index (χ1v) is 6.11. The third-order valence-corrected chi connectivity index (χ3v) is 3.06. The lowest BCUT2D eigenvalue weighted by Crippen LogP contribution is -2.38. The Morgan fingerprint density at radius 1 is 1.44 bits per heavy atom. The summed E-state index contributed by atoms with van der Waals surface area (Å²) >= 11 is 3.38. The number of halogens is 1. The number of benzene rings is 1. The second-order valence-electron chi connectivity index (χ2n) is 3.74. The van der Waals surface area contributed by atoms with Crippen molar-refractivity contribution in [1.29, 1.82) is 0 Å². The number of nitrogens with zero attached hydrogens (tertiary/aromatic N) is 1. The fourth-order valence-corrected chi connectivity index (χ4v) is 1.54. The molecule has 0 saturated heterocycles. The molecule has 1 aromatic carbocycles. The molecule has 1 atom stereocenters. The van der Waals surface area contributed by atoms with Crippen molar-refractivity contribution >= 4 is 22.0 Å². The van der Waals surface area contributed by atoms with E-state index in [0.717, 1.165) is 10.0 Å². The van der Waals surface area contributed by atoms with Crippen LogP contribution in [0.3, 0.4) is 0 Å². The van der Waals surface area contributed by atoms with Crippen LogP contribution < -0.4 is 5.32 Å². The number of hydrogen-bond donors (Lipinski definition) is 1. The molecule has 2 amide bonds. The highest BCUT2D eigenvalue weighted by Crippen LogP contribution is 2.16. The topological polar surface area (TPSA) is 32.3 Å². The Hall–Kier alpha value is -1.03. The minimum atomic E-state index is -0.0436. The summed E-state index contributed by atoms with van der Waals surface area (Å²) in [5.74, 6) is 0. The molecule has 0 unspecified atom stereocenters. The molecule has 0 aliphatic carbocycles. The summed E-state index contributed by atoms with van der Waals surface area (Å²) in [5.41, 5.74) is 1.10. The average Bonchev–Trinajstić information content (AvgIpc) is 2.28. The van der Waals surface area contributed by atoms with Crippen molar-refractivity contribution in [3.63, 3.8) is 0 Å². The van der Waals surface area contributed by atoms with E-state index in [1.54, 1.807) is 11.9 Å². The first-order valence-electron chi connectivity index (χ1n) is 5.31. The van der Waals surface area contributed by atoms with Crippen LogP contribution in [0.25, 0.3) is 0 Å². The average molecular weight is 285 g/mol. The van der Waals surface area contributed by atoms with Crippen LogP contribution in [0.4, 0.5) is 4.79 Å². The van der Waals surface area contributed by atoms with Crippen molar-refractivity contribution in [3.8, 4) is 0 Å². The van der Waals surface area contributed by atoms with Gasteiger partial charge in [-0.1, -0.05) is 28.1 Å². The minimum Gasteiger partial charge on any atom is -0.331 e. The van der Waals surface area contributed by atoms with E-state index in [0.29, 0.717) is 6.54 Å². The smallest absolute Gasteiger partial charge is 0.317 e. The second kappa shape index (κ2) is 5.89. The highest BCUT2D eigenvalue weighted by Gasteiger charge is 2.11. The van der Waals surface area contributed by atoms with Gasteiger partial charge in [0, 0.05) is 18.1 Å². The number of nitrogens with one attached hydrogen (secondary N) is 1. The maximum Gasteiger partial charge on any atom is 0.317 e. The molecule has 0 spiro atoms. The monoisotopic (exact) mass is 284 g/mol. The van der Waals surface area contributed by atoms with Crippen molar-refractivity contribution in [3.05, 3.63) is 34.3 Å². The Morgan fingerprint density at radius 2 is 2.00 bits per heavy atom. The van der Waals surface area contributed by atoms with Crippen molar-refractivity contribution in [2.24, 2.45) is 0 Å². The van der Waals surface area contributed by atoms with Crippen molar-refractivity contribution < 1.29 is 4.79 Å². The highest BCUT2D eigenvalue weighted by atomic mass is 79.9. The van der Waals surface area contributed by atoms with E-state index in [1.165, 1.54) is 0 Å². The molecule has 0 aromatic heterocycles. The minimum absolute atomic E-state index is 0.0228. The van der Waals surface area contributed by atoms with Crippen LogP contribution in [0.2, 0.25) is 0 Å². The summed E-state index contributed by atoms with van der Waals surface area (Å²) < 4.78 is 1.04. The summed E-state index contributed by atoms with van der Waals surface area (Å²) in [5, 5.41) is 2.94. The Labute approximate surface area is 105 Å². The summed E-state index contributed by atoms with van der Waals surface area (Å²) in [6.07, 6.45) is 0. The predicted molar refractivity (Wildman–Crippen MR) is 69.4 cm³/mol. The second-order valence-corrected chi connectivity index (χ2v) is 4.65. The van der Waals surface area contributed by atoms with Gasteiger partial charge in [-0.05, 0) is 31.5 Å². The molecule has 0 bridgehead atoms. The largest absolute Gasteiger partial charge is 0.331 e. The molecule has 16 heavy (non-hydrogen) atoms. The molecule has 88 valence electrons. The standard InChI is InChI=1S/C12H17BrN2O/c1-4-15(3)12(16)14-9(2)10-5-7-11(13)8-6-10/h5-9H,4H2,1-3H3,(H,14,16)/t9-/m1/s1. The molecule has 0 heterocycles. The van der Waals surface area contributed by atoms with Gasteiger partial charge in [-0.25, -0.2) is 4.79 Å². The zero-order valence-corrected chi connectivity index (χ0v) is 11.4. The van der Waals surface area contributed by atoms with Crippen LogP contribution in [-0.2, 0) is 0 Å². The SMILES string of the molecule is CCN(C)C(=O)N[C@H](C)c1ccc(Br)cc1. The summed E-state index contributed by atoms with van der Waals surface area (Å²) in [6.45, 7) is 4.63. The van der Waals surface area contributed by atoms with Gasteiger partial charge in [-0.2, -0.15) is 0 Å². The first-order chi connectivity index (χ1) is 7.54. The zero-order chi connectivity index (χ0) is 12.1. The van der Waals surface area contributed by atoms with Gasteiger partial charge < -0.3 is 10.2 Å². The molecule has 0 fully saturated rings. The number of carbonyl (C=O) groups excluding carboxylic acids is 1. The highest BCUT2D eigenvalue weighted by molar-refractivity contribution is 9.10. The molecular weight excluding hydrogens is 268 g/mol. The van der Waals surface area contributed by atoms with Crippen LogP contribution in [-0.4, -0.2) is 24.5 Å². The van der Waals surface area contributed by atoms with E-state index in [2.05, 4.69) is 21.2 Å². The number of amides is 2. The van der Waals surface area contributed by atoms with E-state index in [9.17, 15) is 4.79 Å². The van der Waals surface area contributed by atoms with Crippen LogP contribution in [0, 0.1) is 0 Å². The number of rotatable bonds is 3. The molecule has 1 aromatic rings. The summed E-state index contributed by atoms with van der Waals surface area (Å²) in [4.78, 5) is 13.3. The maximum absolute atomic E-state index is 11.6. The van der Waals surface area contributed by atoms with E-state index in [1.807, 2.05) is 38.1 Å². The van der Waals surface area contributed by atoms with E-state index in [4.69, 9.17) is 0 Å². The van der Waals surface area contributed by atoms with Crippen molar-refractivity contribution in [2.75, 3.05) is 13.6 Å². The summed E-state index contributed by atoms with van der Waals surface area (Å²) in [6, 6.07) is 7.93. The molecule has 0 aliphatic rings. The van der Waals surface area contributed by atoms with Crippen LogP contribution in [0.15, 0.2) is 28.7 Å². The molecular formula is C12H17BrN2O. The van der Waals surface area contributed by atoms with E-state index in [-0.39, 0.29) is 12.1 Å². The Morgan fingerprint density at radius 3 is 2.50 bits per heavy atom. The molecule has 0 aliphatic heterocycles. The number of hydrogen-bond acceptors (Lipinski definition) is 1. The molecule has 1 rings (SSSR count). The van der Waals surface area contributed by atoms with Gasteiger partial charge in [0.1, 0.15) is 0 Å². The molecule has 3 nitrogen and oxygen atoms in total. The van der Waals surface area contributed by atoms with E-state index < -0.39 is 0 Å². The Bertz CT molecular complexity index is 351. The third kappa shape index (κ3) is 3.52. The zero-order valence-electron chi connectivity index (χ0n) is 9.83. The lowest BCUT2D eigenvalue weighted by atomic mass is 10.1. The lowest BCUT2D eigenvalue weighted by Gasteiger charge is -2.20. The molecule has 1 N–H and O–H groups in total. The number of carbonyl (C=O) groups is 1. The van der Waals surface area contributed by atoms with Gasteiger partial charge in [0.2, 0.25) is 0 Å². The molecule has 0 radical (unpaired) electrons. The third-order valence-electron chi connectivity index (χ3n) is 2.53. The van der Waals surface area contributed by atoms with Crippen LogP contribution in [0.5, 0.6) is 0 Å². The lowest BCUT2D eigenvalue weighted by molar-refractivity contribution is 0.208. The fraction of sp³-hybridized carbons (Fsp3) is 0.417. The van der Waals surface area contributed by atoms with Crippen LogP contribution >= 0.6 is 15.9 Å². The van der Waals surface area contributed by atoms with Gasteiger partial charge in [-0.15, -0.1) is 0 Å². The van der Waals surface area contributed by atoms with Gasteiger partial charge in [0.15, 0.2) is 0 Å². The van der Waals surface area contributed by atoms with Crippen LogP contribution in [0.1, 0.15) is 25.5 Å². The first kappa shape index (κ1) is 13.0. The van der Waals surface area contributed by atoms with Gasteiger partial charge in [0.25, 0.3) is 0 Å². The van der Waals surface area contributed by atoms with Gasteiger partial charge in [-0.3, -0.25) is 0 Å². The quantitative estimate of drug-likeness (QED) is 0.909.